The molecule has 0 saturated carbocycles. The predicted molar refractivity (Wildman–Crippen MR) is 101 cm³/mol. The van der Waals surface area contributed by atoms with Crippen molar-refractivity contribution in [2.45, 2.75) is 11.4 Å². The predicted octanol–water partition coefficient (Wildman–Crippen LogP) is 1.85. The van der Waals surface area contributed by atoms with Gasteiger partial charge in [-0.2, -0.15) is 0 Å². The van der Waals surface area contributed by atoms with Crippen molar-refractivity contribution in [1.82, 2.24) is 5.27 Å². The Bertz CT molecular complexity index is 1020. The van der Waals surface area contributed by atoms with Crippen LogP contribution in [0.3, 0.4) is 0 Å². The number of hydrogen-bond acceptors (Lipinski definition) is 7. The highest BCUT2D eigenvalue weighted by Crippen LogP contribution is 2.27. The van der Waals surface area contributed by atoms with Crippen LogP contribution < -0.4 is 19.8 Å². The van der Waals surface area contributed by atoms with Gasteiger partial charge in [-0.1, -0.05) is 30.0 Å². The smallest absolute Gasteiger partial charge is 0.335 e. The van der Waals surface area contributed by atoms with Gasteiger partial charge >= 0.3 is 5.97 Å². The van der Waals surface area contributed by atoms with E-state index in [-0.39, 0.29) is 28.7 Å². The molecule has 0 bridgehead atoms. The Morgan fingerprint density at radius 1 is 1.28 bits per heavy atom. The van der Waals surface area contributed by atoms with E-state index in [2.05, 4.69) is 10.6 Å². The number of carboxylic acid groups (broad SMARTS) is 1. The maximum atomic E-state index is 12.2. The number of ether oxygens (including phenoxy) is 1. The van der Waals surface area contributed by atoms with E-state index < -0.39 is 11.9 Å². The highest BCUT2D eigenvalue weighted by molar-refractivity contribution is 7.99. The van der Waals surface area contributed by atoms with Crippen LogP contribution >= 0.6 is 11.8 Å². The molecule has 0 saturated heterocycles. The van der Waals surface area contributed by atoms with Crippen molar-refractivity contribution >= 4 is 29.3 Å². The minimum absolute atomic E-state index is 0.0521. The standard InChI is InChI=1S/C19H17N3O6S/c1-27-15-11-12(18(24)25)7-8-14(15)20-16(23)9-10-29-17-19(26)28-21-22(17)13-5-3-2-4-6-13/h2-8,11H,9-10H2,1H3,(H2-,20,21,23,24,25,26). The Morgan fingerprint density at radius 3 is 2.72 bits per heavy atom. The zero-order valence-corrected chi connectivity index (χ0v) is 16.1. The Balaban J connectivity index is 1.62. The fourth-order valence-electron chi connectivity index (χ4n) is 2.47. The molecule has 3 rings (SSSR count). The zero-order valence-electron chi connectivity index (χ0n) is 15.3. The number of rotatable bonds is 8. The number of thioether (sulfide) groups is 1. The van der Waals surface area contributed by atoms with Gasteiger partial charge in [-0.15, -0.1) is 0 Å². The van der Waals surface area contributed by atoms with Crippen LogP contribution in [0, 0.1) is 0 Å². The van der Waals surface area contributed by atoms with E-state index in [1.54, 1.807) is 12.1 Å². The fourth-order valence-corrected chi connectivity index (χ4v) is 3.37. The number of carbonyl (C=O) groups excluding carboxylic acids is 1. The van der Waals surface area contributed by atoms with Crippen molar-refractivity contribution in [2.75, 3.05) is 18.2 Å². The Kier molecular flexibility index (Phi) is 6.35. The van der Waals surface area contributed by atoms with Gasteiger partial charge in [-0.25, -0.2) is 4.79 Å². The van der Waals surface area contributed by atoms with Crippen molar-refractivity contribution in [2.24, 2.45) is 0 Å². The summed E-state index contributed by atoms with van der Waals surface area (Å²) in [5.74, 6) is -1.43. The first-order valence-corrected chi connectivity index (χ1v) is 9.46. The maximum Gasteiger partial charge on any atom is 0.335 e. The van der Waals surface area contributed by atoms with Crippen molar-refractivity contribution in [3.63, 3.8) is 0 Å². The summed E-state index contributed by atoms with van der Waals surface area (Å²) in [6.45, 7) is 0. The molecule has 1 aromatic heterocycles. The first-order valence-electron chi connectivity index (χ1n) is 8.48. The Hall–Kier alpha value is -3.53. The normalized spacial score (nSPS) is 10.5. The third-order valence-electron chi connectivity index (χ3n) is 3.86. The molecule has 0 aliphatic rings. The van der Waals surface area contributed by atoms with Crippen molar-refractivity contribution < 1.29 is 33.7 Å². The Labute approximate surface area is 169 Å². The molecule has 2 aromatic carbocycles. The number of methoxy groups -OCH3 is 1. The molecule has 0 unspecified atom stereocenters. The monoisotopic (exact) mass is 415 g/mol. The number of nitrogens with zero attached hydrogens (tertiary/aromatic N) is 2. The van der Waals surface area contributed by atoms with Gasteiger partial charge in [0.05, 0.1) is 23.6 Å². The third-order valence-corrected chi connectivity index (χ3v) is 4.88. The largest absolute Gasteiger partial charge is 0.538 e. The van der Waals surface area contributed by atoms with E-state index in [9.17, 15) is 14.7 Å². The van der Waals surface area contributed by atoms with Crippen LogP contribution in [0.1, 0.15) is 16.8 Å². The zero-order chi connectivity index (χ0) is 20.8. The van der Waals surface area contributed by atoms with E-state index in [0.29, 0.717) is 17.1 Å². The highest BCUT2D eigenvalue weighted by atomic mass is 32.2. The number of nitrogens with one attached hydrogen (secondary N) is 1. The molecule has 3 aromatic rings. The molecule has 10 heteroatoms. The molecule has 0 fully saturated rings. The highest BCUT2D eigenvalue weighted by Gasteiger charge is 2.21. The second-order valence-electron chi connectivity index (χ2n) is 5.78. The molecular weight excluding hydrogens is 398 g/mol. The average Bonchev–Trinajstić information content (AvgIpc) is 3.09. The average molecular weight is 415 g/mol. The van der Waals surface area contributed by atoms with Gasteiger partial charge in [0.25, 0.3) is 5.03 Å². The van der Waals surface area contributed by atoms with Crippen molar-refractivity contribution in [1.29, 1.82) is 0 Å². The van der Waals surface area contributed by atoms with Crippen LogP contribution in [0.5, 0.6) is 11.7 Å². The molecule has 0 atom stereocenters. The summed E-state index contributed by atoms with van der Waals surface area (Å²) >= 11 is 1.15. The van der Waals surface area contributed by atoms with Crippen molar-refractivity contribution in [3.05, 3.63) is 54.1 Å². The molecule has 2 N–H and O–H groups in total. The van der Waals surface area contributed by atoms with E-state index in [1.165, 1.54) is 30.0 Å². The number of anilines is 1. The lowest BCUT2D eigenvalue weighted by Crippen LogP contribution is -2.34. The number of carbonyl (C=O) groups is 2. The van der Waals surface area contributed by atoms with Gasteiger partial charge in [0.2, 0.25) is 11.6 Å². The second kappa shape index (κ2) is 9.11. The van der Waals surface area contributed by atoms with Crippen molar-refractivity contribution in [3.8, 4) is 17.4 Å². The number of benzene rings is 2. The van der Waals surface area contributed by atoms with Crippen LogP contribution in [0.4, 0.5) is 5.69 Å². The number of aromatic nitrogens is 2. The molecule has 9 nitrogen and oxygen atoms in total. The number of carboxylic acids is 1. The lowest BCUT2D eigenvalue weighted by Gasteiger charge is -2.10. The van der Waals surface area contributed by atoms with E-state index in [4.69, 9.17) is 14.4 Å². The SMILES string of the molecule is COc1cc(C(=O)O)ccc1NC(=O)CCSc1c([O-])on[n+]1-c1ccccc1. The van der Waals surface area contributed by atoms with Gasteiger partial charge in [0.1, 0.15) is 5.75 Å². The summed E-state index contributed by atoms with van der Waals surface area (Å²) in [6, 6.07) is 13.2. The number of hydrogen-bond donors (Lipinski definition) is 2. The maximum absolute atomic E-state index is 12.2. The molecular formula is C19H17N3O6S. The first-order chi connectivity index (χ1) is 14.0. The summed E-state index contributed by atoms with van der Waals surface area (Å²) in [6.07, 6.45) is 0.105. The molecule has 0 aliphatic carbocycles. The molecule has 0 aliphatic heterocycles. The molecule has 1 heterocycles. The van der Waals surface area contributed by atoms with Gasteiger partial charge in [-0.05, 0) is 22.9 Å². The summed E-state index contributed by atoms with van der Waals surface area (Å²) in [5, 5.41) is 27.6. The van der Waals surface area contributed by atoms with Crippen LogP contribution in [0.25, 0.3) is 5.69 Å². The molecule has 1 amide bonds. The van der Waals surface area contributed by atoms with Crippen LogP contribution in [0.2, 0.25) is 0 Å². The number of aromatic carboxylic acids is 1. The molecule has 0 spiro atoms. The molecule has 0 radical (unpaired) electrons. The van der Waals surface area contributed by atoms with E-state index >= 15 is 0 Å². The van der Waals surface area contributed by atoms with E-state index in [1.807, 2.05) is 18.2 Å². The summed E-state index contributed by atoms with van der Waals surface area (Å²) in [5.41, 5.74) is 1.09. The third kappa shape index (κ3) is 4.85. The summed E-state index contributed by atoms with van der Waals surface area (Å²) in [4.78, 5) is 23.3. The van der Waals surface area contributed by atoms with Gasteiger partial charge in [-0.3, -0.25) is 4.79 Å². The first kappa shape index (κ1) is 20.2. The summed E-state index contributed by atoms with van der Waals surface area (Å²) < 4.78 is 11.3. The topological polar surface area (TPSA) is 129 Å². The van der Waals surface area contributed by atoms with Crippen LogP contribution in [-0.2, 0) is 4.79 Å². The fraction of sp³-hybridized carbons (Fsp3) is 0.158. The molecule has 150 valence electrons. The van der Waals surface area contributed by atoms with Gasteiger partial charge in [0.15, 0.2) is 5.95 Å². The lowest BCUT2D eigenvalue weighted by molar-refractivity contribution is -0.705. The van der Waals surface area contributed by atoms with Crippen LogP contribution in [-0.4, -0.2) is 35.1 Å². The minimum atomic E-state index is -1.09. The quantitative estimate of drug-likeness (QED) is 0.421. The van der Waals surface area contributed by atoms with Gasteiger partial charge < -0.3 is 24.8 Å². The van der Waals surface area contributed by atoms with E-state index in [0.717, 1.165) is 11.8 Å². The summed E-state index contributed by atoms with van der Waals surface area (Å²) in [7, 11) is 1.39. The van der Waals surface area contributed by atoms with Crippen LogP contribution in [0.15, 0.2) is 58.1 Å². The second-order valence-corrected chi connectivity index (χ2v) is 6.86. The van der Waals surface area contributed by atoms with Gasteiger partial charge in [0, 0.05) is 24.3 Å². The number of para-hydroxylation sites is 1. The minimum Gasteiger partial charge on any atom is -0.538 e. The lowest BCUT2D eigenvalue weighted by atomic mass is 10.2. The Morgan fingerprint density at radius 2 is 2.03 bits per heavy atom. The number of amides is 1. The molecule has 29 heavy (non-hydrogen) atoms.